The van der Waals surface area contributed by atoms with Crippen LogP contribution in [0.15, 0.2) is 47.9 Å². The van der Waals surface area contributed by atoms with Crippen LogP contribution >= 0.6 is 83.3 Å². The summed E-state index contributed by atoms with van der Waals surface area (Å²) >= 11 is 29.2. The van der Waals surface area contributed by atoms with Gasteiger partial charge < -0.3 is 66.4 Å². The first kappa shape index (κ1) is 95.4. The minimum absolute atomic E-state index is 0. The van der Waals surface area contributed by atoms with Gasteiger partial charge in [-0.25, -0.2) is 29.5 Å². The monoisotopic (exact) mass is 1450 g/mol. The predicted octanol–water partition coefficient (Wildman–Crippen LogP) is 2.80. The number of aliphatic imine (C=N–C) groups is 1. The molecule has 1 saturated heterocycles. The Morgan fingerprint density at radius 3 is 1.64 bits per heavy atom. The van der Waals surface area contributed by atoms with Gasteiger partial charge in [-0.15, -0.1) is 61.4 Å². The number of aryl methyl sites for hydroxylation is 4. The number of hydrogen-bond acceptors (Lipinski definition) is 25. The van der Waals surface area contributed by atoms with E-state index in [0.717, 1.165) is 71.4 Å². The number of Topliss-reactive ketones (excluding diaryl/α,β-unsaturated/α-hetero) is 1. The van der Waals surface area contributed by atoms with E-state index in [0.29, 0.717) is 28.7 Å². The average molecular weight is 1450 g/mol. The number of nitrogens with two attached hydrogens (primary N) is 7. The fourth-order valence-electron chi connectivity index (χ4n) is 4.20. The zero-order chi connectivity index (χ0) is 64.1. The summed E-state index contributed by atoms with van der Waals surface area (Å²) in [6, 6.07) is -0.0578. The third kappa shape index (κ3) is 48.4. The average Bonchev–Trinajstić information content (AvgIpc) is 3.65. The van der Waals surface area contributed by atoms with Gasteiger partial charge in [-0.3, -0.25) is 25.0 Å². The van der Waals surface area contributed by atoms with Gasteiger partial charge in [0.15, 0.2) is 23.1 Å². The van der Waals surface area contributed by atoms with Gasteiger partial charge in [0.2, 0.25) is 5.91 Å². The van der Waals surface area contributed by atoms with Gasteiger partial charge in [0.1, 0.15) is 30.9 Å². The van der Waals surface area contributed by atoms with E-state index >= 15 is 0 Å². The molecular formula is C45H73AlClLiN15O9P2S11. The molecule has 3 atom stereocenters. The number of nitrogens with zero attached hydrogens (tertiary/aromatic N) is 7. The number of esters is 2. The second-order valence-corrected chi connectivity index (χ2v) is 29.3. The first-order valence-corrected chi connectivity index (χ1v) is 35.5. The van der Waals surface area contributed by atoms with E-state index < -0.39 is 17.3 Å². The Bertz CT molecular complexity index is 2890. The number of thiazole rings is 4. The van der Waals surface area contributed by atoms with E-state index in [2.05, 4.69) is 125 Å². The van der Waals surface area contributed by atoms with Gasteiger partial charge in [-0.2, -0.15) is 0 Å². The third-order valence-electron chi connectivity index (χ3n) is 7.92. The number of amides is 1. The molecule has 4 aromatic rings. The number of aliphatic hydroxyl groups is 3. The van der Waals surface area contributed by atoms with Crippen LogP contribution in [0.1, 0.15) is 109 Å². The Morgan fingerprint density at radius 2 is 1.31 bits per heavy atom. The van der Waals surface area contributed by atoms with Crippen molar-refractivity contribution in [2.75, 3.05) is 26.3 Å². The molecule has 3 unspecified atom stereocenters. The maximum Gasteiger partial charge on any atom is 1.00 e. The number of aliphatic hydroxyl groups excluding tert-OH is 3. The van der Waals surface area contributed by atoms with E-state index in [-0.39, 0.29) is 107 Å². The summed E-state index contributed by atoms with van der Waals surface area (Å²) in [4.78, 5) is 66.1. The number of halogens is 1. The van der Waals surface area contributed by atoms with Gasteiger partial charge in [-0.1, -0.05) is 46.0 Å². The second-order valence-electron chi connectivity index (χ2n) is 14.1. The second kappa shape index (κ2) is 58.5. The predicted molar refractivity (Wildman–Crippen MR) is 372 cm³/mol. The summed E-state index contributed by atoms with van der Waals surface area (Å²) in [5, 5.41) is 36.8. The molecule has 0 aromatic carbocycles. The Balaban J connectivity index is -0.000000136. The van der Waals surface area contributed by atoms with Gasteiger partial charge in [0.25, 0.3) is 0 Å². The summed E-state index contributed by atoms with van der Waals surface area (Å²) < 4.78 is 13.0. The fraction of sp³-hybridized carbons (Fsp3) is 0.400. The summed E-state index contributed by atoms with van der Waals surface area (Å²) in [6.07, 6.45) is 5.80. The van der Waals surface area contributed by atoms with Crippen LogP contribution < -0.4 is 59.0 Å². The smallest absolute Gasteiger partial charge is 1.00 e. The normalized spacial score (nSPS) is 11.2. The van der Waals surface area contributed by atoms with E-state index in [1.807, 2.05) is 20.8 Å². The quantitative estimate of drug-likeness (QED) is 0.00652. The molecule has 1 fully saturated rings. The van der Waals surface area contributed by atoms with Crippen molar-refractivity contribution < 1.29 is 64.3 Å². The van der Waals surface area contributed by atoms with Gasteiger partial charge in [-0.05, 0) is 123 Å². The summed E-state index contributed by atoms with van der Waals surface area (Å²) in [5.74, 6) is -2.16. The molecule has 1 aliphatic heterocycles. The molecule has 0 spiro atoms. The minimum atomic E-state index is -1.14. The van der Waals surface area contributed by atoms with E-state index in [1.165, 1.54) is 62.9 Å². The molecule has 85 heavy (non-hydrogen) atoms. The number of ketones is 1. The first-order valence-electron chi connectivity index (χ1n) is 22.5. The minimum Gasteiger partial charge on any atom is -1.00 e. The van der Waals surface area contributed by atoms with Crippen molar-refractivity contribution in [1.29, 1.82) is 5.41 Å². The van der Waals surface area contributed by atoms with E-state index in [4.69, 9.17) is 60.0 Å². The molecule has 40 heteroatoms. The Kier molecular flexibility index (Phi) is 65.6. The summed E-state index contributed by atoms with van der Waals surface area (Å²) in [5.41, 5.74) is 37.9. The van der Waals surface area contributed by atoms with Gasteiger partial charge in [0.05, 0.1) is 107 Å². The molecule has 1 aliphatic rings. The molecule has 5 rings (SSSR count). The van der Waals surface area contributed by atoms with Crippen LogP contribution in [0, 0.1) is 33.1 Å². The Morgan fingerprint density at radius 1 is 0.859 bits per heavy atom. The van der Waals surface area contributed by atoms with Crippen LogP contribution in [0.3, 0.4) is 0 Å². The number of hydrogen-bond donors (Lipinski definition) is 11. The molecular weight excluding hydrogens is 1380 g/mol. The maximum atomic E-state index is 11.3. The molecule has 24 nitrogen and oxygen atoms in total. The van der Waals surface area contributed by atoms with Gasteiger partial charge >= 0.3 is 30.8 Å². The van der Waals surface area contributed by atoms with E-state index in [9.17, 15) is 19.2 Å². The fourth-order valence-corrected chi connectivity index (χ4v) is 17.6. The number of ether oxygens (including phenoxy) is 2. The first-order chi connectivity index (χ1) is 38.5. The number of alkyl halides is 1. The molecule has 4 aromatic heterocycles. The number of carbonyl (C=O) groups is 4. The van der Waals surface area contributed by atoms with Crippen LogP contribution in [0.25, 0.3) is 12.2 Å². The number of carbonyl (C=O) groups excluding carboxylic acids is 4. The third-order valence-corrected chi connectivity index (χ3v) is 23.6. The standard InChI is InChI=1S/C9H11NO2S.C8H15N5OS.C7H9N3OS2.C7H9NOS.C6H9ClO3.C3H5NO.C3H5NS.CH5N3.CH4.Al.Li.P2S5.H/c1-4-7-10-6(3)8(13-7)9(11)12-5-2;1-4-6(3-14)15-7(13-4)5(9)2-12-8(10)11;1-4-6(3-11)13-7(8-4)5-2-10(5)9-12;1-3-7-8-5(2)6(4-9)10-7;1-3-10-6(9)5(7)4(2)8;2*1-2-3(4)5;2-1(3)4;;;;3-1-2-5-7-6-4;/h4H,1,5H2,2-3H3;5,14H,2-3,9H2,1H3,(H4,10,11,12);5,11H,2-3H2,1H3;3,9H,1,4H2,2H3;5H,3H2,1-2H3;2*2H,1H2,(H2,4,5);(H5,2,3,4);1H4;;;;/q;;;;;;;;;;+1;;-1. The number of rotatable bonds is 18. The molecule has 0 saturated carbocycles. The van der Waals surface area contributed by atoms with Crippen molar-refractivity contribution in [1.82, 2.24) is 24.9 Å². The largest absolute Gasteiger partial charge is 1.00 e. The topological polar surface area (TPSA) is 433 Å². The number of aromatic nitrogens is 4. The van der Waals surface area contributed by atoms with Crippen molar-refractivity contribution in [3.05, 3.63) is 101 Å². The van der Waals surface area contributed by atoms with E-state index in [1.54, 1.807) is 67.6 Å². The zero-order valence-electron chi connectivity index (χ0n) is 48.1. The van der Waals surface area contributed by atoms with Crippen LogP contribution in [0.4, 0.5) is 0 Å². The van der Waals surface area contributed by atoms with Crippen LogP contribution in [0.2, 0.25) is 0 Å². The maximum absolute atomic E-state index is 11.3. The Hall–Kier alpha value is -3.23. The molecule has 0 aliphatic carbocycles. The Labute approximate surface area is 574 Å². The van der Waals surface area contributed by atoms with Gasteiger partial charge in [0, 0.05) is 31.5 Å². The summed E-state index contributed by atoms with van der Waals surface area (Å²) in [6.45, 7) is 27.6. The van der Waals surface area contributed by atoms with Crippen molar-refractivity contribution >= 4 is 216 Å². The number of guanidine groups is 2. The van der Waals surface area contributed by atoms with Crippen LogP contribution in [-0.4, -0.2) is 130 Å². The van der Waals surface area contributed by atoms with Crippen molar-refractivity contribution in [3.63, 3.8) is 0 Å². The van der Waals surface area contributed by atoms with Crippen molar-refractivity contribution in [2.45, 2.75) is 93.2 Å². The molecule has 469 valence electrons. The summed E-state index contributed by atoms with van der Waals surface area (Å²) in [7, 11) is 6.83. The zero-order valence-corrected chi connectivity index (χ0v) is 59.8. The number of nitrogens with one attached hydrogen (secondary N) is 1. The van der Waals surface area contributed by atoms with Crippen LogP contribution in [-0.2, 0) is 106 Å². The molecule has 3 radical (unpaired) electrons. The SMILES string of the molecule is C.C=CC(N)=O.C=CC(N)=S.C=Cc1nc(C)c(C(=O)OCC)s1.C=Cc1nc(C)c(CO)s1.CCOC(=O)C(Cl)C(C)=O.Cc1nc(C(N)CN=C(N)N)sc1CO.Cc1nc(C2CN2N=S)sc1CO.N=C(N)N.S=PP=S=S=S=S.[Al].[H-].[Li+]. The van der Waals surface area contributed by atoms with Crippen molar-refractivity contribution in [3.8, 4) is 0 Å². The molecule has 5 heterocycles. The number of thiocarbonyl (C=S) groups is 1. The van der Waals surface area contributed by atoms with Crippen molar-refractivity contribution in [2.24, 2.45) is 49.6 Å². The molecule has 0 bridgehead atoms. The number of primary amides is 1. The molecule has 1 amide bonds. The molecule has 18 N–H and O–H groups in total. The van der Waals surface area contributed by atoms with Crippen LogP contribution in [0.5, 0.6) is 0 Å².